The van der Waals surface area contributed by atoms with Gasteiger partial charge in [0.05, 0.1) is 0 Å². The van der Waals surface area contributed by atoms with Crippen molar-refractivity contribution >= 4 is 11.5 Å². The minimum Gasteiger partial charge on any atom is -0.334 e. The molecule has 0 atom stereocenters. The summed E-state index contributed by atoms with van der Waals surface area (Å²) in [5.74, 6) is -0.158. The molecule has 2 heterocycles. The minimum atomic E-state index is -0.251. The number of rotatable bonds is 2. The first-order valence-corrected chi connectivity index (χ1v) is 8.51. The lowest BCUT2D eigenvalue weighted by Crippen LogP contribution is -2.37. The van der Waals surface area contributed by atoms with Crippen LogP contribution in [-0.2, 0) is 12.8 Å². The molecule has 0 spiro atoms. The van der Waals surface area contributed by atoms with Crippen molar-refractivity contribution in [2.45, 2.75) is 25.7 Å². The highest BCUT2D eigenvalue weighted by Gasteiger charge is 2.23. The fourth-order valence-electron chi connectivity index (χ4n) is 3.61. The molecular weight excluding hydrogens is 300 g/mol. The second kappa shape index (κ2) is 6.11. The summed E-state index contributed by atoms with van der Waals surface area (Å²) in [6.07, 6.45) is 5.82. The van der Waals surface area contributed by atoms with Crippen molar-refractivity contribution in [1.29, 1.82) is 0 Å². The molecule has 2 aromatic rings. The molecule has 4 nitrogen and oxygen atoms in total. The smallest absolute Gasteiger partial charge is 0.261 e. The molecule has 0 fully saturated rings. The van der Waals surface area contributed by atoms with Crippen molar-refractivity contribution in [3.05, 3.63) is 75.2 Å². The summed E-state index contributed by atoms with van der Waals surface area (Å²) >= 11 is 0. The number of fused-ring (bicyclic) bond motifs is 1. The van der Waals surface area contributed by atoms with E-state index in [2.05, 4.69) is 23.2 Å². The van der Waals surface area contributed by atoms with Crippen molar-refractivity contribution in [3.63, 3.8) is 0 Å². The molecule has 0 bridgehead atoms. The molecule has 4 heteroatoms. The van der Waals surface area contributed by atoms with Gasteiger partial charge in [0.25, 0.3) is 11.5 Å². The average Bonchev–Trinajstić information content (AvgIpc) is 3.08. The van der Waals surface area contributed by atoms with Gasteiger partial charge in [-0.1, -0.05) is 36.4 Å². The van der Waals surface area contributed by atoms with Gasteiger partial charge in [-0.15, -0.1) is 0 Å². The first-order valence-electron chi connectivity index (χ1n) is 8.51. The Morgan fingerprint density at radius 3 is 2.67 bits per heavy atom. The Bertz CT molecular complexity index is 865. The maximum Gasteiger partial charge on any atom is 0.261 e. The minimum absolute atomic E-state index is 0.158. The number of aryl methyl sites for hydroxylation is 2. The van der Waals surface area contributed by atoms with E-state index in [1.807, 2.05) is 18.2 Å². The standard InChI is InChI=1S/C20H20N2O2/c23-19-17(13-16-7-4-8-18(16)21-19)20(24)22-11-9-15(10-12-22)14-5-2-1-3-6-14/h1-3,5-6,9,13H,4,7-8,10-12H2,(H,21,23). The van der Waals surface area contributed by atoms with Crippen molar-refractivity contribution in [3.8, 4) is 0 Å². The third kappa shape index (κ3) is 2.68. The van der Waals surface area contributed by atoms with Crippen molar-refractivity contribution in [2.75, 3.05) is 13.1 Å². The van der Waals surface area contributed by atoms with Gasteiger partial charge in [-0.3, -0.25) is 9.59 Å². The van der Waals surface area contributed by atoms with E-state index >= 15 is 0 Å². The predicted molar refractivity (Wildman–Crippen MR) is 94.0 cm³/mol. The number of nitrogens with one attached hydrogen (secondary N) is 1. The highest BCUT2D eigenvalue weighted by Crippen LogP contribution is 2.23. The number of aromatic amines is 1. The van der Waals surface area contributed by atoms with Gasteiger partial charge in [0.1, 0.15) is 5.56 Å². The molecule has 1 N–H and O–H groups in total. The molecule has 122 valence electrons. The third-order valence-corrected chi connectivity index (χ3v) is 4.96. The van der Waals surface area contributed by atoms with Crippen LogP contribution in [0.25, 0.3) is 5.57 Å². The van der Waals surface area contributed by atoms with E-state index < -0.39 is 0 Å². The number of carbonyl (C=O) groups excluding carboxylic acids is 1. The number of amides is 1. The highest BCUT2D eigenvalue weighted by molar-refractivity contribution is 5.94. The van der Waals surface area contributed by atoms with E-state index in [9.17, 15) is 9.59 Å². The Hall–Kier alpha value is -2.62. The van der Waals surface area contributed by atoms with Crippen LogP contribution in [0.2, 0.25) is 0 Å². The number of H-pyrrole nitrogens is 1. The van der Waals surface area contributed by atoms with Crippen LogP contribution in [0.15, 0.2) is 47.3 Å². The van der Waals surface area contributed by atoms with Crippen LogP contribution < -0.4 is 5.56 Å². The molecule has 24 heavy (non-hydrogen) atoms. The predicted octanol–water partition coefficient (Wildman–Crippen LogP) is 2.79. The van der Waals surface area contributed by atoms with E-state index in [0.29, 0.717) is 13.1 Å². The molecule has 0 unspecified atom stereocenters. The van der Waals surface area contributed by atoms with Gasteiger partial charge in [-0.05, 0) is 48.4 Å². The number of pyridine rings is 1. The van der Waals surface area contributed by atoms with Gasteiger partial charge < -0.3 is 9.88 Å². The highest BCUT2D eigenvalue weighted by atomic mass is 16.2. The Balaban J connectivity index is 1.55. The summed E-state index contributed by atoms with van der Waals surface area (Å²) in [6.45, 7) is 1.20. The summed E-state index contributed by atoms with van der Waals surface area (Å²) in [5, 5.41) is 0. The van der Waals surface area contributed by atoms with Crippen molar-refractivity contribution in [1.82, 2.24) is 9.88 Å². The number of hydrogen-bond acceptors (Lipinski definition) is 2. The fourth-order valence-corrected chi connectivity index (χ4v) is 3.61. The molecule has 0 saturated carbocycles. The largest absolute Gasteiger partial charge is 0.334 e. The maximum absolute atomic E-state index is 12.7. The maximum atomic E-state index is 12.7. The normalized spacial score (nSPS) is 16.7. The van der Waals surface area contributed by atoms with Crippen LogP contribution in [0.5, 0.6) is 0 Å². The van der Waals surface area contributed by atoms with Gasteiger partial charge in [0.2, 0.25) is 0 Å². The van der Waals surface area contributed by atoms with Crippen LogP contribution >= 0.6 is 0 Å². The Kier molecular flexibility index (Phi) is 3.81. The molecule has 4 rings (SSSR count). The molecule has 1 aliphatic carbocycles. The number of carbonyl (C=O) groups is 1. The SMILES string of the molecule is O=C(c1cc2c([nH]c1=O)CCC2)N1CC=C(c2ccccc2)CC1. The molecule has 0 radical (unpaired) electrons. The Morgan fingerprint density at radius 1 is 1.08 bits per heavy atom. The van der Waals surface area contributed by atoms with Gasteiger partial charge in [-0.2, -0.15) is 0 Å². The van der Waals surface area contributed by atoms with E-state index in [1.54, 1.807) is 11.0 Å². The molecule has 0 saturated heterocycles. The van der Waals surface area contributed by atoms with E-state index in [4.69, 9.17) is 0 Å². The Labute approximate surface area is 140 Å². The molecule has 1 amide bonds. The van der Waals surface area contributed by atoms with Gasteiger partial charge >= 0.3 is 0 Å². The first kappa shape index (κ1) is 14.9. The molecular formula is C20H20N2O2. The lowest BCUT2D eigenvalue weighted by molar-refractivity contribution is 0.0771. The third-order valence-electron chi connectivity index (χ3n) is 4.96. The van der Waals surface area contributed by atoms with Gasteiger partial charge in [-0.25, -0.2) is 0 Å². The van der Waals surface area contributed by atoms with Crippen LogP contribution in [-0.4, -0.2) is 28.9 Å². The topological polar surface area (TPSA) is 53.2 Å². The summed E-state index contributed by atoms with van der Waals surface area (Å²) in [4.78, 5) is 29.6. The number of aromatic nitrogens is 1. The Morgan fingerprint density at radius 2 is 1.92 bits per heavy atom. The summed E-state index contributed by atoms with van der Waals surface area (Å²) in [6, 6.07) is 12.0. The molecule has 1 aliphatic heterocycles. The lowest BCUT2D eigenvalue weighted by atomic mass is 9.99. The van der Waals surface area contributed by atoms with Crippen LogP contribution in [0.1, 0.15) is 40.0 Å². The molecule has 2 aliphatic rings. The van der Waals surface area contributed by atoms with Crippen molar-refractivity contribution in [2.24, 2.45) is 0 Å². The zero-order chi connectivity index (χ0) is 16.5. The lowest BCUT2D eigenvalue weighted by Gasteiger charge is -2.26. The van der Waals surface area contributed by atoms with Gasteiger partial charge in [0, 0.05) is 18.8 Å². The van der Waals surface area contributed by atoms with E-state index in [1.165, 1.54) is 11.1 Å². The first-order chi connectivity index (χ1) is 11.7. The molecule has 1 aromatic carbocycles. The second-order valence-corrected chi connectivity index (χ2v) is 6.47. The summed E-state index contributed by atoms with van der Waals surface area (Å²) in [5.41, 5.74) is 4.63. The number of benzene rings is 1. The van der Waals surface area contributed by atoms with E-state index in [-0.39, 0.29) is 17.0 Å². The fraction of sp³-hybridized carbons (Fsp3) is 0.300. The average molecular weight is 320 g/mol. The monoisotopic (exact) mass is 320 g/mol. The summed E-state index contributed by atoms with van der Waals surface area (Å²) in [7, 11) is 0. The number of hydrogen-bond donors (Lipinski definition) is 1. The van der Waals surface area contributed by atoms with Gasteiger partial charge in [0.15, 0.2) is 0 Å². The number of nitrogens with zero attached hydrogens (tertiary/aromatic N) is 1. The van der Waals surface area contributed by atoms with Crippen molar-refractivity contribution < 1.29 is 4.79 Å². The zero-order valence-electron chi connectivity index (χ0n) is 13.5. The summed E-state index contributed by atoms with van der Waals surface area (Å²) < 4.78 is 0. The van der Waals surface area contributed by atoms with Crippen LogP contribution in [0.4, 0.5) is 0 Å². The van der Waals surface area contributed by atoms with Crippen LogP contribution in [0.3, 0.4) is 0 Å². The molecule has 1 aromatic heterocycles. The van der Waals surface area contributed by atoms with Crippen LogP contribution in [0, 0.1) is 0 Å². The second-order valence-electron chi connectivity index (χ2n) is 6.47. The zero-order valence-corrected chi connectivity index (χ0v) is 13.5. The quantitative estimate of drug-likeness (QED) is 0.925. The van der Waals surface area contributed by atoms with E-state index in [0.717, 1.165) is 36.9 Å².